The standard InChI is InChI=1S/C18H15F4NO/c19-16-9-15(18(20,21)22)7-6-13(16)10-23-11-14(8-17(23)24)12-4-2-1-3-5-12/h1-7,9,14H,8,10-11H2. The maximum Gasteiger partial charge on any atom is 0.416 e. The topological polar surface area (TPSA) is 20.3 Å². The number of nitrogens with zero attached hydrogens (tertiary/aromatic N) is 1. The van der Waals surface area contributed by atoms with Crippen molar-refractivity contribution in [3.63, 3.8) is 0 Å². The van der Waals surface area contributed by atoms with Crippen LogP contribution in [0.2, 0.25) is 0 Å². The molecule has 2 nitrogen and oxygen atoms in total. The van der Waals surface area contributed by atoms with Crippen molar-refractivity contribution in [2.24, 2.45) is 0 Å². The first kappa shape index (κ1) is 16.5. The molecule has 6 heteroatoms. The molecule has 0 saturated carbocycles. The van der Waals surface area contributed by atoms with E-state index >= 15 is 0 Å². The number of alkyl halides is 3. The van der Waals surface area contributed by atoms with Crippen LogP contribution in [0.1, 0.15) is 29.0 Å². The first-order valence-corrected chi connectivity index (χ1v) is 7.53. The second-order valence-corrected chi connectivity index (χ2v) is 5.89. The van der Waals surface area contributed by atoms with E-state index in [0.717, 1.165) is 17.7 Å². The molecule has 0 radical (unpaired) electrons. The molecule has 3 rings (SSSR count). The number of halogens is 4. The summed E-state index contributed by atoms with van der Waals surface area (Å²) in [4.78, 5) is 13.6. The molecule has 0 aromatic heterocycles. The van der Waals surface area contributed by atoms with Crippen LogP contribution in [-0.4, -0.2) is 17.4 Å². The van der Waals surface area contributed by atoms with Gasteiger partial charge in [0.05, 0.1) is 5.56 Å². The van der Waals surface area contributed by atoms with Crippen LogP contribution < -0.4 is 0 Å². The minimum absolute atomic E-state index is 0.0217. The third kappa shape index (κ3) is 3.42. The van der Waals surface area contributed by atoms with E-state index in [1.165, 1.54) is 4.90 Å². The summed E-state index contributed by atoms with van der Waals surface area (Å²) in [5.41, 5.74) is 0.0879. The number of benzene rings is 2. The number of hydrogen-bond donors (Lipinski definition) is 0. The maximum absolute atomic E-state index is 13.9. The van der Waals surface area contributed by atoms with Crippen LogP contribution in [0.3, 0.4) is 0 Å². The van der Waals surface area contributed by atoms with E-state index in [2.05, 4.69) is 0 Å². The Hall–Kier alpha value is -2.37. The van der Waals surface area contributed by atoms with Crippen LogP contribution in [0, 0.1) is 5.82 Å². The zero-order valence-corrected chi connectivity index (χ0v) is 12.7. The lowest BCUT2D eigenvalue weighted by atomic mass is 9.98. The molecule has 0 bridgehead atoms. The van der Waals surface area contributed by atoms with Crippen LogP contribution in [0.25, 0.3) is 0 Å². The molecule has 0 aliphatic carbocycles. The number of likely N-dealkylation sites (tertiary alicyclic amines) is 1. The Labute approximate surface area is 136 Å². The van der Waals surface area contributed by atoms with Gasteiger partial charge >= 0.3 is 6.18 Å². The molecule has 1 unspecified atom stereocenters. The van der Waals surface area contributed by atoms with Gasteiger partial charge in [-0.25, -0.2) is 4.39 Å². The summed E-state index contributed by atoms with van der Waals surface area (Å²) < 4.78 is 51.7. The van der Waals surface area contributed by atoms with Gasteiger partial charge in [0.2, 0.25) is 5.91 Å². The highest BCUT2D eigenvalue weighted by Gasteiger charge is 2.33. The molecule has 1 aliphatic heterocycles. The molecule has 2 aromatic rings. The van der Waals surface area contributed by atoms with E-state index in [9.17, 15) is 22.4 Å². The lowest BCUT2D eigenvalue weighted by molar-refractivity contribution is -0.137. The average Bonchev–Trinajstić information content (AvgIpc) is 2.90. The minimum atomic E-state index is -4.58. The van der Waals surface area contributed by atoms with Gasteiger partial charge in [-0.15, -0.1) is 0 Å². The van der Waals surface area contributed by atoms with Gasteiger partial charge in [-0.3, -0.25) is 4.79 Å². The van der Waals surface area contributed by atoms with Gasteiger partial charge in [0.15, 0.2) is 0 Å². The van der Waals surface area contributed by atoms with Crippen molar-refractivity contribution < 1.29 is 22.4 Å². The Morgan fingerprint density at radius 1 is 1.08 bits per heavy atom. The Morgan fingerprint density at radius 2 is 1.79 bits per heavy atom. The highest BCUT2D eigenvalue weighted by atomic mass is 19.4. The molecule has 1 atom stereocenters. The predicted molar refractivity (Wildman–Crippen MR) is 80.6 cm³/mol. The Bertz CT molecular complexity index is 742. The first-order chi connectivity index (χ1) is 11.3. The van der Waals surface area contributed by atoms with Crippen molar-refractivity contribution in [2.45, 2.75) is 25.1 Å². The van der Waals surface area contributed by atoms with Crippen molar-refractivity contribution >= 4 is 5.91 Å². The van der Waals surface area contributed by atoms with E-state index in [4.69, 9.17) is 0 Å². The SMILES string of the molecule is O=C1CC(c2ccccc2)CN1Cc1ccc(C(F)(F)F)cc1F. The van der Waals surface area contributed by atoms with E-state index < -0.39 is 17.6 Å². The van der Waals surface area contributed by atoms with Gasteiger partial charge < -0.3 is 4.90 Å². The fourth-order valence-corrected chi connectivity index (χ4v) is 2.93. The van der Waals surface area contributed by atoms with E-state index in [1.54, 1.807) is 0 Å². The molecule has 24 heavy (non-hydrogen) atoms. The fraction of sp³-hybridized carbons (Fsp3) is 0.278. The van der Waals surface area contributed by atoms with Crippen molar-refractivity contribution in [1.82, 2.24) is 4.90 Å². The molecule has 0 N–H and O–H groups in total. The summed E-state index contributed by atoms with van der Waals surface area (Å²) in [6.07, 6.45) is -4.26. The molecule has 1 fully saturated rings. The summed E-state index contributed by atoms with van der Waals surface area (Å²) >= 11 is 0. The third-order valence-corrected chi connectivity index (χ3v) is 4.23. The monoisotopic (exact) mass is 337 g/mol. The highest BCUT2D eigenvalue weighted by molar-refractivity contribution is 5.79. The van der Waals surface area contributed by atoms with Gasteiger partial charge in [0, 0.05) is 31.0 Å². The van der Waals surface area contributed by atoms with Gasteiger partial charge in [-0.2, -0.15) is 13.2 Å². The Morgan fingerprint density at radius 3 is 2.42 bits per heavy atom. The number of carbonyl (C=O) groups excluding carboxylic acids is 1. The Balaban J connectivity index is 1.74. The van der Waals surface area contributed by atoms with Gasteiger partial charge in [0.1, 0.15) is 5.82 Å². The number of amides is 1. The normalized spacial score (nSPS) is 18.2. The molecule has 1 aliphatic rings. The summed E-state index contributed by atoms with van der Waals surface area (Å²) in [5.74, 6) is -1.04. The number of rotatable bonds is 3. The van der Waals surface area contributed by atoms with Crippen molar-refractivity contribution in [3.8, 4) is 0 Å². The van der Waals surface area contributed by atoms with Crippen molar-refractivity contribution in [1.29, 1.82) is 0 Å². The summed E-state index contributed by atoms with van der Waals surface area (Å²) in [6.45, 7) is 0.412. The number of hydrogen-bond acceptors (Lipinski definition) is 1. The molecule has 2 aromatic carbocycles. The first-order valence-electron chi connectivity index (χ1n) is 7.53. The zero-order chi connectivity index (χ0) is 17.3. The van der Waals surface area contributed by atoms with Crippen LogP contribution in [0.4, 0.5) is 17.6 Å². The fourth-order valence-electron chi connectivity index (χ4n) is 2.93. The molecule has 1 saturated heterocycles. The van der Waals surface area contributed by atoms with Crippen molar-refractivity contribution in [2.75, 3.05) is 6.54 Å². The van der Waals surface area contributed by atoms with Gasteiger partial charge in [-0.05, 0) is 17.7 Å². The molecular weight excluding hydrogens is 322 g/mol. The Kier molecular flexibility index (Phi) is 4.30. The summed E-state index contributed by atoms with van der Waals surface area (Å²) in [6, 6.07) is 11.9. The minimum Gasteiger partial charge on any atom is -0.338 e. The van der Waals surface area contributed by atoms with Crippen LogP contribution >= 0.6 is 0 Å². The van der Waals surface area contributed by atoms with Crippen LogP contribution in [-0.2, 0) is 17.5 Å². The van der Waals surface area contributed by atoms with Gasteiger partial charge in [0.25, 0.3) is 0 Å². The third-order valence-electron chi connectivity index (χ3n) is 4.23. The molecular formula is C18H15F4NO. The van der Waals surface area contributed by atoms with Crippen LogP contribution in [0.5, 0.6) is 0 Å². The van der Waals surface area contributed by atoms with Crippen molar-refractivity contribution in [3.05, 3.63) is 71.0 Å². The smallest absolute Gasteiger partial charge is 0.338 e. The number of carbonyl (C=O) groups is 1. The second kappa shape index (κ2) is 6.26. The highest BCUT2D eigenvalue weighted by Crippen LogP contribution is 2.32. The predicted octanol–water partition coefficient (Wildman–Crippen LogP) is 4.36. The van der Waals surface area contributed by atoms with E-state index in [1.807, 2.05) is 30.3 Å². The zero-order valence-electron chi connectivity index (χ0n) is 12.7. The van der Waals surface area contributed by atoms with E-state index in [0.29, 0.717) is 19.0 Å². The molecule has 1 amide bonds. The summed E-state index contributed by atoms with van der Waals surface area (Å²) in [7, 11) is 0. The quantitative estimate of drug-likeness (QED) is 0.762. The molecule has 126 valence electrons. The van der Waals surface area contributed by atoms with E-state index in [-0.39, 0.29) is 23.9 Å². The lowest BCUT2D eigenvalue weighted by Crippen LogP contribution is -2.25. The molecule has 0 spiro atoms. The molecule has 1 heterocycles. The lowest BCUT2D eigenvalue weighted by Gasteiger charge is -2.18. The largest absolute Gasteiger partial charge is 0.416 e. The maximum atomic E-state index is 13.9. The second-order valence-electron chi connectivity index (χ2n) is 5.89. The van der Waals surface area contributed by atoms with Gasteiger partial charge in [-0.1, -0.05) is 36.4 Å². The summed E-state index contributed by atoms with van der Waals surface area (Å²) in [5, 5.41) is 0. The average molecular weight is 337 g/mol. The van der Waals surface area contributed by atoms with Crippen LogP contribution in [0.15, 0.2) is 48.5 Å².